The van der Waals surface area contributed by atoms with Crippen LogP contribution in [0.25, 0.3) is 0 Å². The van der Waals surface area contributed by atoms with Crippen LogP contribution in [-0.2, 0) is 9.53 Å². The number of pyridine rings is 1. The summed E-state index contributed by atoms with van der Waals surface area (Å²) in [4.78, 5) is 36.8. The molecule has 2 N–H and O–H groups in total. The number of fused-ring (bicyclic) bond motifs is 1. The molecule has 1 aliphatic rings. The first kappa shape index (κ1) is 18.2. The molecule has 136 valence electrons. The number of esters is 1. The molecule has 1 atom stereocenters. The molecule has 8 heteroatoms. The molecule has 7 nitrogen and oxygen atoms in total. The summed E-state index contributed by atoms with van der Waals surface area (Å²) in [5.74, 6) is -0.632. The number of carbonyl (C=O) groups is 1. The molecular weight excluding hydrogens is 352 g/mol. The Morgan fingerprint density at radius 1 is 1.38 bits per heavy atom. The van der Waals surface area contributed by atoms with Gasteiger partial charge in [-0.05, 0) is 18.6 Å². The smallest absolute Gasteiger partial charge is 0.336 e. The highest BCUT2D eigenvalue weighted by atomic mass is 32.2. The molecule has 2 aromatic heterocycles. The zero-order valence-corrected chi connectivity index (χ0v) is 15.8. The number of ether oxygens (including phenoxy) is 1. The number of allylic oxidation sites excluding steroid dienone is 1. The Hall–Kier alpha value is -2.61. The summed E-state index contributed by atoms with van der Waals surface area (Å²) >= 11 is 1.47. The highest BCUT2D eigenvalue weighted by Gasteiger charge is 2.36. The normalized spacial score (nSPS) is 16.3. The van der Waals surface area contributed by atoms with Crippen molar-refractivity contribution in [1.29, 1.82) is 0 Å². The van der Waals surface area contributed by atoms with E-state index >= 15 is 0 Å². The van der Waals surface area contributed by atoms with Gasteiger partial charge in [-0.25, -0.2) is 9.78 Å². The van der Waals surface area contributed by atoms with Crippen molar-refractivity contribution in [3.05, 3.63) is 57.3 Å². The number of aromatic nitrogens is 3. The Labute approximate surface area is 155 Å². The number of hydrogen-bond donors (Lipinski definition) is 2. The lowest BCUT2D eigenvalue weighted by Gasteiger charge is -2.28. The van der Waals surface area contributed by atoms with Crippen molar-refractivity contribution in [3.63, 3.8) is 0 Å². The second-order valence-corrected chi connectivity index (χ2v) is 7.74. The molecule has 0 fully saturated rings. The van der Waals surface area contributed by atoms with E-state index in [1.807, 2.05) is 19.9 Å². The second kappa shape index (κ2) is 7.33. The number of nitrogens with zero attached hydrogens (tertiary/aromatic N) is 2. The number of H-pyrrole nitrogens is 1. The Balaban J connectivity index is 2.22. The summed E-state index contributed by atoms with van der Waals surface area (Å²) in [5, 5.41) is 3.91. The third-order valence-electron chi connectivity index (χ3n) is 3.99. The second-order valence-electron chi connectivity index (χ2n) is 6.17. The van der Waals surface area contributed by atoms with Gasteiger partial charge < -0.3 is 15.0 Å². The van der Waals surface area contributed by atoms with Crippen molar-refractivity contribution in [2.45, 2.75) is 37.1 Å². The molecule has 0 spiro atoms. The van der Waals surface area contributed by atoms with Gasteiger partial charge in [-0.3, -0.25) is 9.78 Å². The molecule has 0 aromatic carbocycles. The molecular formula is C18H20N4O3S. The molecule has 0 saturated heterocycles. The predicted octanol–water partition coefficient (Wildman–Crippen LogP) is 2.67. The zero-order valence-electron chi connectivity index (χ0n) is 15.0. The molecule has 1 aliphatic heterocycles. The first-order valence-electron chi connectivity index (χ1n) is 8.19. The Morgan fingerprint density at radius 2 is 2.15 bits per heavy atom. The topological polar surface area (TPSA) is 97.0 Å². The summed E-state index contributed by atoms with van der Waals surface area (Å²) in [6.07, 6.45) is 3.29. The lowest BCUT2D eigenvalue weighted by atomic mass is 9.83. The maximum absolute atomic E-state index is 12.9. The molecule has 26 heavy (non-hydrogen) atoms. The van der Waals surface area contributed by atoms with Crippen molar-refractivity contribution < 1.29 is 9.53 Å². The van der Waals surface area contributed by atoms with Crippen LogP contribution in [0.4, 0.5) is 5.82 Å². The first-order chi connectivity index (χ1) is 12.4. The van der Waals surface area contributed by atoms with Gasteiger partial charge in [0.15, 0.2) is 5.16 Å². The zero-order chi connectivity index (χ0) is 18.8. The molecule has 3 heterocycles. The Morgan fingerprint density at radius 3 is 2.77 bits per heavy atom. The number of carbonyl (C=O) groups excluding carboxylic acids is 1. The summed E-state index contributed by atoms with van der Waals surface area (Å²) in [6, 6.07) is 3.60. The molecule has 0 bridgehead atoms. The average molecular weight is 372 g/mol. The minimum atomic E-state index is -0.596. The Bertz CT molecular complexity index is 922. The SMILES string of the molecule is COC(=O)C1=C(C)Nc2nc(SC(C)C)[nH]c(=O)c2[C@H]1c1cccnc1. The van der Waals surface area contributed by atoms with E-state index in [1.165, 1.54) is 18.9 Å². The number of aromatic amines is 1. The van der Waals surface area contributed by atoms with Crippen LogP contribution in [-0.4, -0.2) is 33.3 Å². The van der Waals surface area contributed by atoms with Crippen LogP contribution in [0.1, 0.15) is 37.8 Å². The van der Waals surface area contributed by atoms with Crippen molar-refractivity contribution >= 4 is 23.5 Å². The average Bonchev–Trinajstić information content (AvgIpc) is 2.60. The number of thioether (sulfide) groups is 1. The van der Waals surface area contributed by atoms with Crippen LogP contribution in [0.5, 0.6) is 0 Å². The summed E-state index contributed by atoms with van der Waals surface area (Å²) in [6.45, 7) is 5.82. The highest BCUT2D eigenvalue weighted by molar-refractivity contribution is 7.99. The van der Waals surface area contributed by atoms with E-state index in [-0.39, 0.29) is 10.8 Å². The minimum absolute atomic E-state index is 0.274. The van der Waals surface area contributed by atoms with Crippen molar-refractivity contribution in [2.24, 2.45) is 0 Å². The van der Waals surface area contributed by atoms with Gasteiger partial charge in [0.25, 0.3) is 5.56 Å². The fourth-order valence-electron chi connectivity index (χ4n) is 2.97. The lowest BCUT2D eigenvalue weighted by Crippen LogP contribution is -2.31. The lowest BCUT2D eigenvalue weighted by molar-refractivity contribution is -0.136. The van der Waals surface area contributed by atoms with Crippen LogP contribution in [0.2, 0.25) is 0 Å². The van der Waals surface area contributed by atoms with E-state index in [4.69, 9.17) is 4.74 Å². The maximum atomic E-state index is 12.9. The largest absolute Gasteiger partial charge is 0.466 e. The van der Waals surface area contributed by atoms with Gasteiger partial charge in [0.1, 0.15) is 5.82 Å². The van der Waals surface area contributed by atoms with Crippen molar-refractivity contribution in [3.8, 4) is 0 Å². The third kappa shape index (κ3) is 3.37. The summed E-state index contributed by atoms with van der Waals surface area (Å²) in [5.41, 5.74) is 1.82. The fourth-order valence-corrected chi connectivity index (χ4v) is 3.71. The fraction of sp³-hybridized carbons (Fsp3) is 0.333. The van der Waals surface area contributed by atoms with Gasteiger partial charge >= 0.3 is 5.97 Å². The van der Waals surface area contributed by atoms with Crippen LogP contribution in [0.15, 0.2) is 45.7 Å². The van der Waals surface area contributed by atoms with Crippen molar-refractivity contribution in [2.75, 3.05) is 12.4 Å². The van der Waals surface area contributed by atoms with Crippen molar-refractivity contribution in [1.82, 2.24) is 15.0 Å². The molecule has 3 rings (SSSR count). The monoisotopic (exact) mass is 372 g/mol. The highest BCUT2D eigenvalue weighted by Crippen LogP contribution is 2.39. The van der Waals surface area contributed by atoms with E-state index < -0.39 is 11.9 Å². The quantitative estimate of drug-likeness (QED) is 0.484. The Kier molecular flexibility index (Phi) is 5.13. The third-order valence-corrected chi connectivity index (χ3v) is 4.88. The van der Waals surface area contributed by atoms with Gasteiger partial charge in [-0.15, -0.1) is 0 Å². The van der Waals surface area contributed by atoms with Gasteiger partial charge in [0.05, 0.1) is 24.2 Å². The van der Waals surface area contributed by atoms with Gasteiger partial charge in [-0.2, -0.15) is 0 Å². The summed E-state index contributed by atoms with van der Waals surface area (Å²) in [7, 11) is 1.32. The van der Waals surface area contributed by atoms with E-state index in [0.29, 0.717) is 27.8 Å². The number of hydrogen-bond acceptors (Lipinski definition) is 7. The number of nitrogens with one attached hydrogen (secondary N) is 2. The van der Waals surface area contributed by atoms with E-state index in [1.54, 1.807) is 25.4 Å². The standard InChI is InChI=1S/C18H20N4O3S/c1-9(2)26-18-21-15-14(16(23)22-18)13(11-6-5-7-19-8-11)12(10(3)20-15)17(24)25-4/h5-9,13H,1-4H3,(H2,20,21,22,23)/t13-/m0/s1. The number of methoxy groups -OCH3 is 1. The van der Waals surface area contributed by atoms with Gasteiger partial charge in [0, 0.05) is 23.3 Å². The van der Waals surface area contributed by atoms with Crippen LogP contribution < -0.4 is 10.9 Å². The van der Waals surface area contributed by atoms with Crippen LogP contribution in [0.3, 0.4) is 0 Å². The number of anilines is 1. The van der Waals surface area contributed by atoms with Crippen LogP contribution in [0, 0.1) is 0 Å². The van der Waals surface area contributed by atoms with E-state index in [9.17, 15) is 9.59 Å². The number of rotatable bonds is 4. The molecule has 0 radical (unpaired) electrons. The van der Waals surface area contributed by atoms with Gasteiger partial charge in [-0.1, -0.05) is 31.7 Å². The maximum Gasteiger partial charge on any atom is 0.336 e. The minimum Gasteiger partial charge on any atom is -0.466 e. The molecule has 0 saturated carbocycles. The van der Waals surface area contributed by atoms with E-state index in [0.717, 1.165) is 5.56 Å². The molecule has 0 unspecified atom stereocenters. The van der Waals surface area contributed by atoms with Gasteiger partial charge in [0.2, 0.25) is 0 Å². The van der Waals surface area contributed by atoms with E-state index in [2.05, 4.69) is 20.3 Å². The van der Waals surface area contributed by atoms with Crippen LogP contribution >= 0.6 is 11.8 Å². The molecule has 0 amide bonds. The molecule has 0 aliphatic carbocycles. The summed E-state index contributed by atoms with van der Waals surface area (Å²) < 4.78 is 4.95. The first-order valence-corrected chi connectivity index (χ1v) is 9.07. The molecule has 2 aromatic rings. The predicted molar refractivity (Wildman–Crippen MR) is 100 cm³/mol.